The third-order valence-electron chi connectivity index (χ3n) is 3.43. The van der Waals surface area contributed by atoms with Gasteiger partial charge in [-0.1, -0.05) is 13.8 Å². The van der Waals surface area contributed by atoms with Crippen molar-refractivity contribution in [1.82, 2.24) is 5.32 Å². The number of ether oxygens (including phenoxy) is 1. The summed E-state index contributed by atoms with van der Waals surface area (Å²) in [6.07, 6.45) is 0.210. The fraction of sp³-hybridized carbons (Fsp3) is 0.500. The SMILES string of the molecule is COc1ccc(C(C)=O)cc1CC(=O)NC(C)C(C)C. The number of hydrogen-bond acceptors (Lipinski definition) is 3. The lowest BCUT2D eigenvalue weighted by Gasteiger charge is -2.18. The van der Waals surface area contributed by atoms with E-state index < -0.39 is 0 Å². The molecule has 1 atom stereocenters. The Morgan fingerprint density at radius 2 is 1.90 bits per heavy atom. The quantitative estimate of drug-likeness (QED) is 0.813. The van der Waals surface area contributed by atoms with Crippen LogP contribution < -0.4 is 10.1 Å². The van der Waals surface area contributed by atoms with Crippen LogP contribution in [0.5, 0.6) is 5.75 Å². The molecule has 4 heteroatoms. The van der Waals surface area contributed by atoms with E-state index in [4.69, 9.17) is 4.74 Å². The number of carbonyl (C=O) groups is 2. The number of nitrogens with one attached hydrogen (secondary N) is 1. The van der Waals surface area contributed by atoms with E-state index in [1.54, 1.807) is 25.3 Å². The Labute approximate surface area is 120 Å². The van der Waals surface area contributed by atoms with E-state index >= 15 is 0 Å². The van der Waals surface area contributed by atoms with Crippen molar-refractivity contribution in [2.75, 3.05) is 7.11 Å². The van der Waals surface area contributed by atoms with Crippen LogP contribution in [-0.4, -0.2) is 24.8 Å². The van der Waals surface area contributed by atoms with E-state index in [2.05, 4.69) is 19.2 Å². The van der Waals surface area contributed by atoms with Gasteiger partial charge in [-0.15, -0.1) is 0 Å². The minimum atomic E-state index is -0.0646. The zero-order valence-corrected chi connectivity index (χ0v) is 12.8. The fourth-order valence-corrected chi connectivity index (χ4v) is 1.78. The molecule has 0 radical (unpaired) electrons. The molecule has 1 amide bonds. The Morgan fingerprint density at radius 1 is 1.25 bits per heavy atom. The van der Waals surface area contributed by atoms with E-state index in [1.165, 1.54) is 6.92 Å². The van der Waals surface area contributed by atoms with E-state index in [0.717, 1.165) is 5.56 Å². The molecule has 0 saturated heterocycles. The second-order valence-corrected chi connectivity index (χ2v) is 5.36. The molecule has 1 rings (SSSR count). The Hall–Kier alpha value is -1.84. The van der Waals surface area contributed by atoms with Gasteiger partial charge in [-0.25, -0.2) is 0 Å². The van der Waals surface area contributed by atoms with Crippen LogP contribution in [-0.2, 0) is 11.2 Å². The molecule has 1 N–H and O–H groups in total. The topological polar surface area (TPSA) is 55.4 Å². The normalized spacial score (nSPS) is 12.1. The van der Waals surface area contributed by atoms with Crippen LogP contribution in [0.1, 0.15) is 43.6 Å². The first-order valence-corrected chi connectivity index (χ1v) is 6.82. The molecule has 0 bridgehead atoms. The molecule has 0 spiro atoms. The van der Waals surface area contributed by atoms with Crippen LogP contribution in [0.3, 0.4) is 0 Å². The summed E-state index contributed by atoms with van der Waals surface area (Å²) in [7, 11) is 1.56. The fourth-order valence-electron chi connectivity index (χ4n) is 1.78. The number of Topliss-reactive ketones (excluding diaryl/α,β-unsaturated/α-hetero) is 1. The van der Waals surface area contributed by atoms with Gasteiger partial charge in [-0.3, -0.25) is 9.59 Å². The molecule has 4 nitrogen and oxygen atoms in total. The second kappa shape index (κ2) is 7.08. The molecule has 0 aromatic heterocycles. The molecule has 0 aliphatic heterocycles. The Balaban J connectivity index is 2.87. The van der Waals surface area contributed by atoms with Gasteiger partial charge in [0.1, 0.15) is 5.75 Å². The number of carbonyl (C=O) groups excluding carboxylic acids is 2. The van der Waals surface area contributed by atoms with Crippen LogP contribution >= 0.6 is 0 Å². The molecule has 0 aliphatic rings. The van der Waals surface area contributed by atoms with Gasteiger partial charge in [-0.05, 0) is 38.0 Å². The molecular formula is C16H23NO3. The highest BCUT2D eigenvalue weighted by atomic mass is 16.5. The monoisotopic (exact) mass is 277 g/mol. The van der Waals surface area contributed by atoms with Crippen LogP contribution in [0.2, 0.25) is 0 Å². The highest BCUT2D eigenvalue weighted by molar-refractivity contribution is 5.94. The summed E-state index contributed by atoms with van der Waals surface area (Å²) in [5.41, 5.74) is 1.32. The molecule has 110 valence electrons. The van der Waals surface area contributed by atoms with E-state index in [-0.39, 0.29) is 24.2 Å². The van der Waals surface area contributed by atoms with Crippen LogP contribution in [0.4, 0.5) is 0 Å². The second-order valence-electron chi connectivity index (χ2n) is 5.36. The molecule has 1 unspecified atom stereocenters. The maximum Gasteiger partial charge on any atom is 0.224 e. The first kappa shape index (κ1) is 16.2. The number of ketones is 1. The highest BCUT2D eigenvalue weighted by Crippen LogP contribution is 2.21. The molecular weight excluding hydrogens is 254 g/mol. The minimum absolute atomic E-state index is 0.0233. The smallest absolute Gasteiger partial charge is 0.224 e. The van der Waals surface area contributed by atoms with Crippen LogP contribution in [0.25, 0.3) is 0 Å². The summed E-state index contributed by atoms with van der Waals surface area (Å²) in [5, 5.41) is 2.95. The Morgan fingerprint density at radius 3 is 2.40 bits per heavy atom. The van der Waals surface area contributed by atoms with Crippen molar-refractivity contribution in [3.8, 4) is 5.75 Å². The Kier molecular flexibility index (Phi) is 5.74. The summed E-state index contributed by atoms with van der Waals surface area (Å²) in [6.45, 7) is 7.60. The van der Waals surface area contributed by atoms with E-state index in [9.17, 15) is 9.59 Å². The average molecular weight is 277 g/mol. The average Bonchev–Trinajstić information content (AvgIpc) is 2.38. The van der Waals surface area contributed by atoms with Gasteiger partial charge in [0.05, 0.1) is 13.5 Å². The van der Waals surface area contributed by atoms with Crippen LogP contribution in [0, 0.1) is 5.92 Å². The lowest BCUT2D eigenvalue weighted by Crippen LogP contribution is -2.37. The zero-order chi connectivity index (χ0) is 15.3. The lowest BCUT2D eigenvalue weighted by molar-refractivity contribution is -0.121. The van der Waals surface area contributed by atoms with Crippen molar-refractivity contribution < 1.29 is 14.3 Å². The zero-order valence-electron chi connectivity index (χ0n) is 12.8. The van der Waals surface area contributed by atoms with Crippen molar-refractivity contribution in [2.45, 2.75) is 40.2 Å². The summed E-state index contributed by atoms with van der Waals surface area (Å²) in [6, 6.07) is 5.27. The molecule has 1 aromatic rings. The van der Waals surface area contributed by atoms with Crippen molar-refractivity contribution in [2.24, 2.45) is 5.92 Å². The van der Waals surface area contributed by atoms with Gasteiger partial charge in [0, 0.05) is 17.2 Å². The first-order valence-electron chi connectivity index (χ1n) is 6.82. The molecule has 0 saturated carbocycles. The van der Waals surface area contributed by atoms with Gasteiger partial charge >= 0.3 is 0 Å². The number of rotatable bonds is 6. The minimum Gasteiger partial charge on any atom is -0.496 e. The summed E-state index contributed by atoms with van der Waals surface area (Å²) >= 11 is 0. The number of hydrogen-bond donors (Lipinski definition) is 1. The summed E-state index contributed by atoms with van der Waals surface area (Å²) < 4.78 is 5.24. The van der Waals surface area contributed by atoms with E-state index in [0.29, 0.717) is 17.2 Å². The summed E-state index contributed by atoms with van der Waals surface area (Å²) in [5.74, 6) is 0.918. The molecule has 0 fully saturated rings. The van der Waals surface area contributed by atoms with Crippen LogP contribution in [0.15, 0.2) is 18.2 Å². The standard InChI is InChI=1S/C16H23NO3/c1-10(2)11(3)17-16(19)9-14-8-13(12(4)18)6-7-15(14)20-5/h6-8,10-11H,9H2,1-5H3,(H,17,19). The maximum absolute atomic E-state index is 12.0. The van der Waals surface area contributed by atoms with Crippen molar-refractivity contribution in [3.63, 3.8) is 0 Å². The lowest BCUT2D eigenvalue weighted by atomic mass is 10.0. The predicted octanol–water partition coefficient (Wildman–Crippen LogP) is 2.60. The van der Waals surface area contributed by atoms with Gasteiger partial charge in [-0.2, -0.15) is 0 Å². The van der Waals surface area contributed by atoms with Gasteiger partial charge in [0.25, 0.3) is 0 Å². The van der Waals surface area contributed by atoms with Gasteiger partial charge < -0.3 is 10.1 Å². The Bertz CT molecular complexity index is 494. The third-order valence-corrected chi connectivity index (χ3v) is 3.43. The maximum atomic E-state index is 12.0. The molecule has 0 aliphatic carbocycles. The van der Waals surface area contributed by atoms with E-state index in [1.807, 2.05) is 6.92 Å². The predicted molar refractivity (Wildman–Crippen MR) is 79.1 cm³/mol. The first-order chi connectivity index (χ1) is 9.35. The number of benzene rings is 1. The molecule has 20 heavy (non-hydrogen) atoms. The van der Waals surface area contributed by atoms with Gasteiger partial charge in [0.2, 0.25) is 5.91 Å². The number of amides is 1. The van der Waals surface area contributed by atoms with Crippen molar-refractivity contribution >= 4 is 11.7 Å². The molecule has 0 heterocycles. The molecule has 1 aromatic carbocycles. The third kappa shape index (κ3) is 4.37. The highest BCUT2D eigenvalue weighted by Gasteiger charge is 2.14. The summed E-state index contributed by atoms with van der Waals surface area (Å²) in [4.78, 5) is 23.4. The largest absolute Gasteiger partial charge is 0.496 e. The number of methoxy groups -OCH3 is 1. The van der Waals surface area contributed by atoms with Crippen molar-refractivity contribution in [3.05, 3.63) is 29.3 Å². The van der Waals surface area contributed by atoms with Crippen molar-refractivity contribution in [1.29, 1.82) is 0 Å². The van der Waals surface area contributed by atoms with Gasteiger partial charge in [0.15, 0.2) is 5.78 Å².